The lowest BCUT2D eigenvalue weighted by atomic mass is 9.85. The van der Waals surface area contributed by atoms with Gasteiger partial charge in [-0.15, -0.1) is 0 Å². The van der Waals surface area contributed by atoms with Crippen molar-refractivity contribution in [3.63, 3.8) is 0 Å². The number of hydrogen-bond acceptors (Lipinski definition) is 2. The van der Waals surface area contributed by atoms with Gasteiger partial charge in [-0.05, 0) is 53.9 Å². The number of aryl methyl sites for hydroxylation is 2. The topological polar surface area (TPSA) is 32.6 Å². The van der Waals surface area contributed by atoms with E-state index in [2.05, 4.69) is 69.9 Å². The van der Waals surface area contributed by atoms with Gasteiger partial charge in [-0.3, -0.25) is 4.99 Å². The Morgan fingerprint density at radius 2 is 1.64 bits per heavy atom. The standard InChI is InChI=1S/C25H28NOP/c1-17-14-21(25(3,4)5)23(27)22(15-17)28-24-18(2)10-9-11-19(24)16-26-20-12-7-6-8-13-20/h6-16,27-28H,1-5H3. The minimum Gasteiger partial charge on any atom is -0.507 e. The van der Waals surface area contributed by atoms with Gasteiger partial charge in [-0.1, -0.05) is 71.8 Å². The van der Waals surface area contributed by atoms with Crippen molar-refractivity contribution in [2.45, 2.75) is 40.0 Å². The van der Waals surface area contributed by atoms with Crippen molar-refractivity contribution in [3.05, 3.63) is 82.9 Å². The zero-order valence-electron chi connectivity index (χ0n) is 17.2. The van der Waals surface area contributed by atoms with Gasteiger partial charge < -0.3 is 5.11 Å². The van der Waals surface area contributed by atoms with E-state index >= 15 is 0 Å². The molecular formula is C25H28NOP. The molecule has 0 saturated carbocycles. The van der Waals surface area contributed by atoms with E-state index in [0.29, 0.717) is 14.3 Å². The Labute approximate surface area is 170 Å². The van der Waals surface area contributed by atoms with Crippen LogP contribution in [0.5, 0.6) is 5.75 Å². The van der Waals surface area contributed by atoms with Crippen LogP contribution in [0.1, 0.15) is 43.0 Å². The second kappa shape index (κ2) is 8.29. The van der Waals surface area contributed by atoms with Crippen LogP contribution in [0, 0.1) is 13.8 Å². The SMILES string of the molecule is Cc1cc(Pc2c(C)cccc2C=Nc2ccccc2)c(O)c(C(C)(C)C)c1. The number of aliphatic imine (C=N–C) groups is 1. The number of hydrogen-bond donors (Lipinski definition) is 1. The average Bonchev–Trinajstić information content (AvgIpc) is 2.64. The zero-order chi connectivity index (χ0) is 20.3. The van der Waals surface area contributed by atoms with E-state index in [4.69, 9.17) is 0 Å². The molecular weight excluding hydrogens is 361 g/mol. The van der Waals surface area contributed by atoms with E-state index in [9.17, 15) is 5.11 Å². The molecule has 3 rings (SSSR count). The van der Waals surface area contributed by atoms with Crippen LogP contribution in [-0.4, -0.2) is 11.3 Å². The highest BCUT2D eigenvalue weighted by molar-refractivity contribution is 7.56. The number of rotatable bonds is 4. The molecule has 0 aromatic heterocycles. The number of nitrogens with zero attached hydrogens (tertiary/aromatic N) is 1. The fourth-order valence-electron chi connectivity index (χ4n) is 3.21. The molecule has 3 aromatic carbocycles. The number of phenolic OH excluding ortho intramolecular Hbond substituents is 1. The quantitative estimate of drug-likeness (QED) is 0.451. The van der Waals surface area contributed by atoms with Crippen LogP contribution in [0.4, 0.5) is 5.69 Å². The predicted octanol–water partition coefficient (Wildman–Crippen LogP) is 5.69. The largest absolute Gasteiger partial charge is 0.507 e. The van der Waals surface area contributed by atoms with Gasteiger partial charge in [-0.25, -0.2) is 0 Å². The molecule has 0 aliphatic rings. The van der Waals surface area contributed by atoms with Crippen molar-refractivity contribution >= 4 is 31.1 Å². The first-order valence-corrected chi connectivity index (χ1v) is 10.6. The molecule has 28 heavy (non-hydrogen) atoms. The highest BCUT2D eigenvalue weighted by atomic mass is 31.1. The summed E-state index contributed by atoms with van der Waals surface area (Å²) >= 11 is 0. The molecule has 0 aliphatic carbocycles. The van der Waals surface area contributed by atoms with Crippen LogP contribution in [-0.2, 0) is 5.41 Å². The third-order valence-electron chi connectivity index (χ3n) is 4.74. The Bertz CT molecular complexity index is 1000. The normalized spacial score (nSPS) is 12.3. The number of aromatic hydroxyl groups is 1. The molecule has 1 atom stereocenters. The molecule has 0 heterocycles. The van der Waals surface area contributed by atoms with Crippen molar-refractivity contribution in [3.8, 4) is 5.75 Å². The number of phenols is 1. The molecule has 0 radical (unpaired) electrons. The lowest BCUT2D eigenvalue weighted by molar-refractivity contribution is 0.450. The lowest BCUT2D eigenvalue weighted by Crippen LogP contribution is -2.18. The third-order valence-corrected chi connectivity index (χ3v) is 6.32. The molecule has 0 fully saturated rings. The van der Waals surface area contributed by atoms with Gasteiger partial charge in [0.25, 0.3) is 0 Å². The molecule has 0 saturated heterocycles. The zero-order valence-corrected chi connectivity index (χ0v) is 18.2. The first-order chi connectivity index (χ1) is 13.3. The van der Waals surface area contributed by atoms with E-state index in [1.807, 2.05) is 36.5 Å². The van der Waals surface area contributed by atoms with Gasteiger partial charge in [0.2, 0.25) is 0 Å². The van der Waals surface area contributed by atoms with Crippen LogP contribution in [0.15, 0.2) is 65.7 Å². The molecule has 1 unspecified atom stereocenters. The molecule has 0 bridgehead atoms. The second-order valence-corrected chi connectivity index (χ2v) is 9.51. The predicted molar refractivity (Wildman–Crippen MR) is 124 cm³/mol. The maximum absolute atomic E-state index is 11.0. The highest BCUT2D eigenvalue weighted by Gasteiger charge is 2.21. The maximum Gasteiger partial charge on any atom is 0.127 e. The monoisotopic (exact) mass is 389 g/mol. The van der Waals surface area contributed by atoms with Crippen LogP contribution >= 0.6 is 8.58 Å². The van der Waals surface area contributed by atoms with Crippen molar-refractivity contribution in [1.29, 1.82) is 0 Å². The average molecular weight is 389 g/mol. The Kier molecular flexibility index (Phi) is 6.01. The van der Waals surface area contributed by atoms with Crippen LogP contribution in [0.25, 0.3) is 0 Å². The Hall–Kier alpha value is -2.44. The molecule has 0 amide bonds. The lowest BCUT2D eigenvalue weighted by Gasteiger charge is -2.23. The van der Waals surface area contributed by atoms with E-state index in [-0.39, 0.29) is 5.41 Å². The van der Waals surface area contributed by atoms with Gasteiger partial charge >= 0.3 is 0 Å². The third kappa shape index (κ3) is 4.69. The Balaban J connectivity index is 2.02. The molecule has 2 nitrogen and oxygen atoms in total. The van der Waals surface area contributed by atoms with E-state index in [1.54, 1.807) is 0 Å². The summed E-state index contributed by atoms with van der Waals surface area (Å²) in [5.74, 6) is 0.422. The minimum atomic E-state index is -0.0985. The molecule has 0 spiro atoms. The summed E-state index contributed by atoms with van der Waals surface area (Å²) in [7, 11) is 0.371. The summed E-state index contributed by atoms with van der Waals surface area (Å²) < 4.78 is 0. The van der Waals surface area contributed by atoms with Gasteiger partial charge in [0.1, 0.15) is 5.75 Å². The Morgan fingerprint density at radius 3 is 2.32 bits per heavy atom. The van der Waals surface area contributed by atoms with E-state index in [1.165, 1.54) is 16.4 Å². The fourth-order valence-corrected chi connectivity index (χ4v) is 4.60. The second-order valence-electron chi connectivity index (χ2n) is 8.22. The van der Waals surface area contributed by atoms with E-state index < -0.39 is 0 Å². The van der Waals surface area contributed by atoms with Crippen LogP contribution in [0.3, 0.4) is 0 Å². The maximum atomic E-state index is 11.0. The highest BCUT2D eigenvalue weighted by Crippen LogP contribution is 2.33. The van der Waals surface area contributed by atoms with Crippen molar-refractivity contribution in [1.82, 2.24) is 0 Å². The molecule has 1 N–H and O–H groups in total. The summed E-state index contributed by atoms with van der Waals surface area (Å²) in [6, 6.07) is 20.4. The van der Waals surface area contributed by atoms with Gasteiger partial charge in [0.05, 0.1) is 5.69 Å². The molecule has 3 heteroatoms. The fraction of sp³-hybridized carbons (Fsp3) is 0.240. The van der Waals surface area contributed by atoms with Crippen molar-refractivity contribution in [2.24, 2.45) is 4.99 Å². The van der Waals surface area contributed by atoms with Gasteiger partial charge in [0, 0.05) is 22.6 Å². The first-order valence-electron chi connectivity index (χ1n) is 9.55. The molecule has 3 aromatic rings. The summed E-state index contributed by atoms with van der Waals surface area (Å²) in [4.78, 5) is 4.63. The van der Waals surface area contributed by atoms with E-state index in [0.717, 1.165) is 22.1 Å². The Morgan fingerprint density at radius 1 is 0.929 bits per heavy atom. The van der Waals surface area contributed by atoms with Crippen LogP contribution in [0.2, 0.25) is 0 Å². The number of para-hydroxylation sites is 1. The first kappa shape index (κ1) is 20.3. The summed E-state index contributed by atoms with van der Waals surface area (Å²) in [5.41, 5.74) is 5.33. The van der Waals surface area contributed by atoms with Gasteiger partial charge in [0.15, 0.2) is 0 Å². The smallest absolute Gasteiger partial charge is 0.127 e. The minimum absolute atomic E-state index is 0.0985. The summed E-state index contributed by atoms with van der Waals surface area (Å²) in [6.45, 7) is 10.6. The van der Waals surface area contributed by atoms with Gasteiger partial charge in [-0.2, -0.15) is 0 Å². The molecule has 0 aliphatic heterocycles. The summed E-state index contributed by atoms with van der Waals surface area (Å²) in [6.07, 6.45) is 1.93. The number of benzene rings is 3. The summed E-state index contributed by atoms with van der Waals surface area (Å²) in [5, 5.41) is 13.2. The van der Waals surface area contributed by atoms with Crippen LogP contribution < -0.4 is 10.6 Å². The van der Waals surface area contributed by atoms with Crippen molar-refractivity contribution in [2.75, 3.05) is 0 Å². The molecule has 144 valence electrons. The van der Waals surface area contributed by atoms with Crippen molar-refractivity contribution < 1.29 is 5.11 Å².